The predicted octanol–water partition coefficient (Wildman–Crippen LogP) is 1.64. The van der Waals surface area contributed by atoms with Crippen molar-refractivity contribution in [3.63, 3.8) is 0 Å². The maximum absolute atomic E-state index is 10.3. The summed E-state index contributed by atoms with van der Waals surface area (Å²) in [6, 6.07) is 9.84. The molecule has 0 radical (unpaired) electrons. The van der Waals surface area contributed by atoms with Crippen LogP contribution in [0.1, 0.15) is 17.5 Å². The summed E-state index contributed by atoms with van der Waals surface area (Å²) in [4.78, 5) is 4.30. The second-order valence-electron chi connectivity index (χ2n) is 4.52. The standard InChI is InChI=1S/C14H14N4O/c1-18-9-11(16-17-18)8-13(19)14-12-5-3-2-4-10(12)6-7-15-14/h2-7,9,13,19H,8H2,1H3. The summed E-state index contributed by atoms with van der Waals surface area (Å²) in [5.41, 5.74) is 1.44. The van der Waals surface area contributed by atoms with Gasteiger partial charge in [0.05, 0.1) is 11.4 Å². The van der Waals surface area contributed by atoms with Gasteiger partial charge in [-0.3, -0.25) is 9.67 Å². The molecular weight excluding hydrogens is 240 g/mol. The minimum Gasteiger partial charge on any atom is -0.386 e. The predicted molar refractivity (Wildman–Crippen MR) is 71.4 cm³/mol. The molecule has 1 N–H and O–H groups in total. The Balaban J connectivity index is 1.95. The average Bonchev–Trinajstić information content (AvgIpc) is 2.83. The molecule has 2 aromatic heterocycles. The Kier molecular flexibility index (Phi) is 2.97. The molecule has 0 aliphatic heterocycles. The number of nitrogens with zero attached hydrogens (tertiary/aromatic N) is 4. The van der Waals surface area contributed by atoms with Crippen molar-refractivity contribution in [3.05, 3.63) is 54.1 Å². The van der Waals surface area contributed by atoms with Gasteiger partial charge in [-0.2, -0.15) is 0 Å². The SMILES string of the molecule is Cn1cc(CC(O)c2nccc3ccccc23)nn1. The normalized spacial score (nSPS) is 12.7. The highest BCUT2D eigenvalue weighted by Crippen LogP contribution is 2.23. The second kappa shape index (κ2) is 4.78. The van der Waals surface area contributed by atoms with E-state index in [9.17, 15) is 5.11 Å². The summed E-state index contributed by atoms with van der Waals surface area (Å²) in [6.07, 6.45) is 3.25. The van der Waals surface area contributed by atoms with E-state index in [0.717, 1.165) is 16.5 Å². The van der Waals surface area contributed by atoms with E-state index >= 15 is 0 Å². The number of aliphatic hydroxyl groups excluding tert-OH is 1. The lowest BCUT2D eigenvalue weighted by Crippen LogP contribution is -2.05. The number of pyridine rings is 1. The van der Waals surface area contributed by atoms with Crippen LogP contribution >= 0.6 is 0 Å². The molecule has 0 amide bonds. The van der Waals surface area contributed by atoms with Gasteiger partial charge in [0.15, 0.2) is 0 Å². The van der Waals surface area contributed by atoms with Crippen LogP contribution in [0.4, 0.5) is 0 Å². The van der Waals surface area contributed by atoms with Crippen LogP contribution in [0.5, 0.6) is 0 Å². The molecular formula is C14H14N4O. The van der Waals surface area contributed by atoms with Crippen LogP contribution in [-0.4, -0.2) is 25.1 Å². The average molecular weight is 254 g/mol. The Morgan fingerprint density at radius 1 is 1.26 bits per heavy atom. The van der Waals surface area contributed by atoms with Gasteiger partial charge in [0, 0.05) is 31.2 Å². The largest absolute Gasteiger partial charge is 0.386 e. The number of fused-ring (bicyclic) bond motifs is 1. The van der Waals surface area contributed by atoms with Gasteiger partial charge in [-0.05, 0) is 11.5 Å². The van der Waals surface area contributed by atoms with Gasteiger partial charge in [-0.1, -0.05) is 29.5 Å². The molecule has 1 aromatic carbocycles. The van der Waals surface area contributed by atoms with Crippen LogP contribution in [-0.2, 0) is 13.5 Å². The minimum atomic E-state index is -0.678. The summed E-state index contributed by atoms with van der Waals surface area (Å²) >= 11 is 0. The van der Waals surface area contributed by atoms with Crippen molar-refractivity contribution in [2.45, 2.75) is 12.5 Å². The second-order valence-corrected chi connectivity index (χ2v) is 4.52. The fourth-order valence-corrected chi connectivity index (χ4v) is 2.19. The molecule has 3 rings (SSSR count). The molecule has 0 bridgehead atoms. The van der Waals surface area contributed by atoms with E-state index in [4.69, 9.17) is 0 Å². The van der Waals surface area contributed by atoms with E-state index in [1.54, 1.807) is 24.1 Å². The third kappa shape index (κ3) is 2.32. The van der Waals surface area contributed by atoms with Crippen molar-refractivity contribution in [1.82, 2.24) is 20.0 Å². The zero-order chi connectivity index (χ0) is 13.2. The van der Waals surface area contributed by atoms with Crippen LogP contribution in [0.15, 0.2) is 42.7 Å². The van der Waals surface area contributed by atoms with Gasteiger partial charge >= 0.3 is 0 Å². The molecule has 5 heteroatoms. The third-order valence-corrected chi connectivity index (χ3v) is 3.07. The molecule has 0 fully saturated rings. The Morgan fingerprint density at radius 2 is 2.11 bits per heavy atom. The molecule has 0 saturated heterocycles. The summed E-state index contributed by atoms with van der Waals surface area (Å²) < 4.78 is 1.62. The number of aryl methyl sites for hydroxylation is 1. The maximum atomic E-state index is 10.3. The number of aliphatic hydroxyl groups is 1. The lowest BCUT2D eigenvalue weighted by molar-refractivity contribution is 0.174. The number of hydrogen-bond acceptors (Lipinski definition) is 4. The van der Waals surface area contributed by atoms with E-state index in [0.29, 0.717) is 12.1 Å². The first kappa shape index (κ1) is 11.8. The zero-order valence-corrected chi connectivity index (χ0v) is 10.6. The number of aromatic nitrogens is 4. The third-order valence-electron chi connectivity index (χ3n) is 3.07. The molecule has 0 aliphatic carbocycles. The highest BCUT2D eigenvalue weighted by molar-refractivity contribution is 5.84. The van der Waals surface area contributed by atoms with Gasteiger partial charge in [0.25, 0.3) is 0 Å². The highest BCUT2D eigenvalue weighted by Gasteiger charge is 2.15. The van der Waals surface area contributed by atoms with Gasteiger partial charge in [0.2, 0.25) is 0 Å². The van der Waals surface area contributed by atoms with Crippen molar-refractivity contribution in [2.24, 2.45) is 7.05 Å². The number of rotatable bonds is 3. The van der Waals surface area contributed by atoms with Crippen LogP contribution in [0.2, 0.25) is 0 Å². The molecule has 96 valence electrons. The number of benzene rings is 1. The fraction of sp³-hybridized carbons (Fsp3) is 0.214. The fourth-order valence-electron chi connectivity index (χ4n) is 2.19. The molecule has 2 heterocycles. The van der Waals surface area contributed by atoms with Gasteiger partial charge in [0.1, 0.15) is 6.10 Å². The van der Waals surface area contributed by atoms with E-state index in [1.807, 2.05) is 30.3 Å². The van der Waals surface area contributed by atoms with Gasteiger partial charge in [-0.15, -0.1) is 5.10 Å². The molecule has 1 atom stereocenters. The highest BCUT2D eigenvalue weighted by atomic mass is 16.3. The smallest absolute Gasteiger partial charge is 0.102 e. The van der Waals surface area contributed by atoms with E-state index in [1.165, 1.54) is 0 Å². The molecule has 3 aromatic rings. The van der Waals surface area contributed by atoms with E-state index in [2.05, 4.69) is 15.3 Å². The van der Waals surface area contributed by atoms with Gasteiger partial charge < -0.3 is 5.11 Å². The summed E-state index contributed by atoms with van der Waals surface area (Å²) in [5.74, 6) is 0. The Labute approximate surface area is 110 Å². The number of hydrogen-bond donors (Lipinski definition) is 1. The first-order valence-electron chi connectivity index (χ1n) is 6.11. The lowest BCUT2D eigenvalue weighted by Gasteiger charge is -2.11. The molecule has 1 unspecified atom stereocenters. The van der Waals surface area contributed by atoms with Crippen molar-refractivity contribution in [1.29, 1.82) is 0 Å². The minimum absolute atomic E-state index is 0.412. The Morgan fingerprint density at radius 3 is 2.89 bits per heavy atom. The van der Waals surface area contributed by atoms with E-state index < -0.39 is 6.10 Å². The molecule has 19 heavy (non-hydrogen) atoms. The van der Waals surface area contributed by atoms with Crippen molar-refractivity contribution < 1.29 is 5.11 Å². The molecule has 0 saturated carbocycles. The first-order valence-corrected chi connectivity index (χ1v) is 6.11. The van der Waals surface area contributed by atoms with Crippen LogP contribution in [0.3, 0.4) is 0 Å². The summed E-state index contributed by atoms with van der Waals surface area (Å²) in [6.45, 7) is 0. The van der Waals surface area contributed by atoms with Gasteiger partial charge in [-0.25, -0.2) is 0 Å². The quantitative estimate of drug-likeness (QED) is 0.771. The van der Waals surface area contributed by atoms with Crippen LogP contribution in [0.25, 0.3) is 10.8 Å². The molecule has 5 nitrogen and oxygen atoms in total. The Hall–Kier alpha value is -2.27. The summed E-state index contributed by atoms with van der Waals surface area (Å²) in [5, 5.41) is 20.2. The van der Waals surface area contributed by atoms with Crippen molar-refractivity contribution in [3.8, 4) is 0 Å². The van der Waals surface area contributed by atoms with Crippen LogP contribution < -0.4 is 0 Å². The monoisotopic (exact) mass is 254 g/mol. The topological polar surface area (TPSA) is 63.8 Å². The molecule has 0 spiro atoms. The zero-order valence-electron chi connectivity index (χ0n) is 10.6. The lowest BCUT2D eigenvalue weighted by atomic mass is 10.0. The van der Waals surface area contributed by atoms with Crippen LogP contribution in [0, 0.1) is 0 Å². The van der Waals surface area contributed by atoms with Crippen molar-refractivity contribution >= 4 is 10.8 Å². The van der Waals surface area contributed by atoms with Crippen molar-refractivity contribution in [2.75, 3.05) is 0 Å². The maximum Gasteiger partial charge on any atom is 0.102 e. The summed E-state index contributed by atoms with van der Waals surface area (Å²) in [7, 11) is 1.80. The molecule has 0 aliphatic rings. The van der Waals surface area contributed by atoms with E-state index in [-0.39, 0.29) is 0 Å². The first-order chi connectivity index (χ1) is 9.24. The Bertz CT molecular complexity index is 702.